The molecule has 0 unspecified atom stereocenters. The van der Waals surface area contributed by atoms with Gasteiger partial charge in [0.05, 0.1) is 0 Å². The summed E-state index contributed by atoms with van der Waals surface area (Å²) in [5.74, 6) is 1.35. The van der Waals surface area contributed by atoms with Crippen LogP contribution >= 0.6 is 0 Å². The molecule has 140 heavy (non-hydrogen) atoms. The fraction of sp³-hybridized carbons (Fsp3) is 0.304. The first-order valence-corrected chi connectivity index (χ1v) is 52.2. The molecule has 2 saturated carbocycles. The summed E-state index contributed by atoms with van der Waals surface area (Å²) >= 11 is 0. The number of nitrogens with zero attached hydrogens (tertiary/aromatic N) is 2. The van der Waals surface area contributed by atoms with Crippen molar-refractivity contribution in [1.82, 2.24) is 0 Å². The van der Waals surface area contributed by atoms with E-state index >= 15 is 0 Å². The third-order valence-electron chi connectivity index (χ3n) is 31.3. The fourth-order valence-electron chi connectivity index (χ4n) is 22.5. The molecule has 2 nitrogen and oxygen atoms in total. The molecule has 0 saturated heterocycles. The Morgan fingerprint density at radius 3 is 0.757 bits per heavy atom. The van der Waals surface area contributed by atoms with Crippen LogP contribution in [0.4, 0.5) is 34.1 Å². The quantitative estimate of drug-likeness (QED) is 0.0951. The van der Waals surface area contributed by atoms with E-state index in [2.05, 4.69) is 514 Å². The van der Waals surface area contributed by atoms with Gasteiger partial charge in [-0.3, -0.25) is 0 Å². The van der Waals surface area contributed by atoms with Crippen LogP contribution in [0.2, 0.25) is 0 Å². The van der Waals surface area contributed by atoms with Crippen LogP contribution in [0.1, 0.15) is 295 Å². The van der Waals surface area contributed by atoms with Crippen molar-refractivity contribution >= 4 is 34.1 Å². The normalized spacial score (nSPS) is 14.8. The van der Waals surface area contributed by atoms with Crippen LogP contribution in [0.25, 0.3) is 111 Å². The van der Waals surface area contributed by atoms with Crippen LogP contribution in [-0.4, -0.2) is 0 Å². The Balaban J connectivity index is 0.000000178. The topological polar surface area (TPSA) is 6.48 Å². The zero-order valence-electron chi connectivity index (χ0n) is 87.6. The zero-order chi connectivity index (χ0) is 98.3. The molecule has 0 aromatic heterocycles. The van der Waals surface area contributed by atoms with Crippen molar-refractivity contribution in [3.05, 3.63) is 419 Å². The van der Waals surface area contributed by atoms with E-state index in [0.29, 0.717) is 11.8 Å². The third kappa shape index (κ3) is 19.9. The van der Waals surface area contributed by atoms with E-state index in [0.717, 1.165) is 34.1 Å². The second-order valence-corrected chi connectivity index (χ2v) is 48.4. The minimum absolute atomic E-state index is 0.0279. The number of hydrogen-bond acceptors (Lipinski definition) is 2. The zero-order valence-corrected chi connectivity index (χ0v) is 87.6. The Morgan fingerprint density at radius 2 is 0.421 bits per heavy atom. The van der Waals surface area contributed by atoms with Gasteiger partial charge in [0.15, 0.2) is 0 Å². The van der Waals surface area contributed by atoms with Gasteiger partial charge in [-0.2, -0.15) is 0 Å². The molecule has 0 bridgehead atoms. The fourth-order valence-corrected chi connectivity index (χ4v) is 22.5. The van der Waals surface area contributed by atoms with Crippen molar-refractivity contribution < 1.29 is 0 Å². The minimum atomic E-state index is -0.119. The average Bonchev–Trinajstić information content (AvgIpc) is 1.58. The molecule has 4 aliphatic rings. The highest BCUT2D eigenvalue weighted by atomic mass is 15.1. The Bertz CT molecular complexity index is 7230. The van der Waals surface area contributed by atoms with Gasteiger partial charge in [0.25, 0.3) is 0 Å². The first kappa shape index (κ1) is 96.0. The van der Waals surface area contributed by atoms with Crippen molar-refractivity contribution in [3.8, 4) is 111 Å². The van der Waals surface area contributed by atoms with Gasteiger partial charge in [-0.15, -0.1) is 0 Å². The Labute approximate surface area is 839 Å². The van der Waals surface area contributed by atoms with Gasteiger partial charge < -0.3 is 9.80 Å². The highest BCUT2D eigenvalue weighted by molar-refractivity contribution is 5.92. The molecule has 0 N–H and O–H groups in total. The summed E-state index contributed by atoms with van der Waals surface area (Å²) in [5.41, 5.74) is 48.6. The number of rotatable bonds is 16. The van der Waals surface area contributed by atoms with Gasteiger partial charge in [0.1, 0.15) is 0 Å². The Kier molecular flexibility index (Phi) is 25.8. The van der Waals surface area contributed by atoms with Gasteiger partial charge in [-0.05, 0) is 345 Å². The summed E-state index contributed by atoms with van der Waals surface area (Å²) in [4.78, 5) is 4.96. The number of benzene rings is 16. The van der Waals surface area contributed by atoms with E-state index in [-0.39, 0.29) is 43.3 Å². The van der Waals surface area contributed by atoms with Crippen LogP contribution in [0.3, 0.4) is 0 Å². The molecule has 16 aromatic rings. The van der Waals surface area contributed by atoms with E-state index in [9.17, 15) is 0 Å². The van der Waals surface area contributed by atoms with Crippen LogP contribution < -0.4 is 9.80 Å². The molecule has 708 valence electrons. The van der Waals surface area contributed by atoms with E-state index in [1.165, 1.54) is 242 Å². The highest BCUT2D eigenvalue weighted by Crippen LogP contribution is 2.55. The number of hydrogen-bond donors (Lipinski definition) is 0. The third-order valence-corrected chi connectivity index (χ3v) is 31.3. The maximum atomic E-state index is 2.48. The molecule has 0 aliphatic heterocycles. The van der Waals surface area contributed by atoms with Crippen molar-refractivity contribution in [1.29, 1.82) is 0 Å². The second-order valence-electron chi connectivity index (χ2n) is 48.4. The van der Waals surface area contributed by atoms with E-state index in [1.54, 1.807) is 0 Å². The summed E-state index contributed by atoms with van der Waals surface area (Å²) in [6.07, 6.45) is 13.3. The van der Waals surface area contributed by atoms with Crippen LogP contribution in [0.5, 0.6) is 0 Å². The van der Waals surface area contributed by atoms with Gasteiger partial charge in [-0.1, -0.05) is 446 Å². The Morgan fingerprint density at radius 1 is 0.179 bits per heavy atom. The molecular formula is C138H146N2. The van der Waals surface area contributed by atoms with E-state index in [4.69, 9.17) is 0 Å². The van der Waals surface area contributed by atoms with Crippen LogP contribution in [-0.2, 0) is 43.3 Å². The molecule has 0 radical (unpaired) electrons. The first-order chi connectivity index (χ1) is 66.6. The lowest BCUT2D eigenvalue weighted by atomic mass is 9.78. The number of anilines is 6. The van der Waals surface area contributed by atoms with Crippen molar-refractivity contribution in [2.24, 2.45) is 0 Å². The minimum Gasteiger partial charge on any atom is -0.310 e. The van der Waals surface area contributed by atoms with Gasteiger partial charge in [0.2, 0.25) is 0 Å². The van der Waals surface area contributed by atoms with Gasteiger partial charge in [-0.25, -0.2) is 0 Å². The van der Waals surface area contributed by atoms with Crippen LogP contribution in [0.15, 0.2) is 352 Å². The largest absolute Gasteiger partial charge is 0.310 e. The monoisotopic (exact) mass is 1830 g/mol. The summed E-state index contributed by atoms with van der Waals surface area (Å²) < 4.78 is 0. The second kappa shape index (κ2) is 37.6. The summed E-state index contributed by atoms with van der Waals surface area (Å²) in [6, 6.07) is 135. The maximum absolute atomic E-state index is 2.48. The summed E-state index contributed by atoms with van der Waals surface area (Å²) in [6.45, 7) is 51.5. The lowest BCUT2D eigenvalue weighted by Gasteiger charge is -2.29. The van der Waals surface area contributed by atoms with Crippen molar-refractivity contribution in [3.63, 3.8) is 0 Å². The molecule has 16 aromatic carbocycles. The van der Waals surface area contributed by atoms with Crippen LogP contribution in [0, 0.1) is 0 Å². The standard InChI is InChI=1S/2C69H73N/c1-66(2,3)56-38-53(37-54(39-56)55-40-57(67(4,5)6)44-58(41-55)68(7,8)9)50-26-18-25-49(36-50)52-28-20-30-60(43-52)70(61-33-34-63-62-31-15-16-32-64(62)69(10,11)65(63)45-61)59-29-19-27-51(42-59)48-24-17-23-47(35-48)46-21-13-12-14-22-46;1-66(2,3)56-38-53(37-54(39-56)55-40-57(67(4,5)6)44-58(41-55)68(7,8)9)50-23-17-22-49(36-50)52-25-19-27-60(43-52)70(61-34-35-63-62-28-15-16-29-64(62)69(10,11)65(63)45-61)59-26-18-24-51(42-59)48-32-30-47(31-33-48)46-20-13-12-14-21-46/h15-20,23-46H,12-14,21-22H2,1-11H3;15-19,22-46H,12-14,20-21H2,1-11H3. The van der Waals surface area contributed by atoms with Gasteiger partial charge >= 0.3 is 0 Å². The number of fused-ring (bicyclic) bond motifs is 6. The first-order valence-electron chi connectivity index (χ1n) is 52.2. The van der Waals surface area contributed by atoms with Crippen molar-refractivity contribution in [2.75, 3.05) is 9.80 Å². The maximum Gasteiger partial charge on any atom is 0.0467 e. The molecular weight excluding hydrogens is 1690 g/mol. The molecule has 0 amide bonds. The molecule has 0 spiro atoms. The molecule has 0 heterocycles. The lowest BCUT2D eigenvalue weighted by Crippen LogP contribution is -2.16. The van der Waals surface area contributed by atoms with Gasteiger partial charge in [0, 0.05) is 45.0 Å². The smallest absolute Gasteiger partial charge is 0.0467 e. The molecule has 2 fully saturated rings. The summed E-state index contributed by atoms with van der Waals surface area (Å²) in [7, 11) is 0. The summed E-state index contributed by atoms with van der Waals surface area (Å²) in [5, 5.41) is 0. The predicted octanol–water partition coefficient (Wildman–Crippen LogP) is 40.1. The molecule has 4 aliphatic carbocycles. The highest BCUT2D eigenvalue weighted by Gasteiger charge is 2.39. The SMILES string of the molecule is CC(C)(C)c1cc(-c2cccc(-c3cccc(N(c4cccc(-c5ccc(C6CCCCC6)cc5)c4)c4ccc5c(c4)C(C)(C)c4ccccc4-5)c3)c2)cc(-c2cc(C(C)(C)C)cc(C(C)(C)C)c2)c1.CC(C)(C)c1cc(-c2cccc(-c3cccc(N(c4cccc(-c5cccc(C6CCCCC6)c5)c4)c4ccc5c(c4)C(C)(C)c4ccccc4-5)c3)c2)cc(-c2cc(C(C)(C)C)cc(C(C)(C)C)c2)c1. The molecule has 20 rings (SSSR count). The molecule has 2 heteroatoms. The predicted molar refractivity (Wildman–Crippen MR) is 605 cm³/mol. The lowest BCUT2D eigenvalue weighted by molar-refractivity contribution is 0.443. The van der Waals surface area contributed by atoms with Crippen molar-refractivity contribution in [2.45, 2.75) is 272 Å². The van der Waals surface area contributed by atoms with E-state index in [1.807, 2.05) is 0 Å². The Hall–Kier alpha value is -12.9. The van der Waals surface area contributed by atoms with E-state index < -0.39 is 0 Å². The molecule has 0 atom stereocenters. The average molecular weight is 1830 g/mol.